The van der Waals surface area contributed by atoms with E-state index in [0.29, 0.717) is 13.0 Å². The molecule has 3 nitrogen and oxygen atoms in total. The first kappa shape index (κ1) is 11.7. The van der Waals surface area contributed by atoms with Crippen molar-refractivity contribution in [2.75, 3.05) is 13.7 Å². The maximum atomic E-state index is 11.6. The van der Waals surface area contributed by atoms with Crippen LogP contribution in [0.2, 0.25) is 0 Å². The molecule has 0 aliphatic heterocycles. The van der Waals surface area contributed by atoms with Gasteiger partial charge in [-0.3, -0.25) is 0 Å². The van der Waals surface area contributed by atoms with Gasteiger partial charge in [-0.2, -0.15) is 0 Å². The fourth-order valence-electron chi connectivity index (χ4n) is 2.08. The van der Waals surface area contributed by atoms with Crippen molar-refractivity contribution in [1.29, 1.82) is 0 Å². The van der Waals surface area contributed by atoms with Crippen molar-refractivity contribution in [3.8, 4) is 5.75 Å². The molecule has 0 fully saturated rings. The molecule has 0 heterocycles. The number of benzene rings is 1. The molecule has 0 aromatic heterocycles. The van der Waals surface area contributed by atoms with Gasteiger partial charge in [0.15, 0.2) is 0 Å². The second-order valence-electron chi connectivity index (χ2n) is 3.92. The molecule has 90 valence electrons. The van der Waals surface area contributed by atoms with Crippen LogP contribution in [-0.2, 0) is 16.0 Å². The predicted molar refractivity (Wildman–Crippen MR) is 65.9 cm³/mol. The molecule has 1 aromatic carbocycles. The average molecular weight is 232 g/mol. The van der Waals surface area contributed by atoms with Gasteiger partial charge in [-0.05, 0) is 37.5 Å². The summed E-state index contributed by atoms with van der Waals surface area (Å²) in [5.74, 6) is 0.683. The van der Waals surface area contributed by atoms with Gasteiger partial charge in [0.2, 0.25) is 0 Å². The highest BCUT2D eigenvalue weighted by molar-refractivity contribution is 5.94. The highest BCUT2D eigenvalue weighted by Gasteiger charge is 2.19. The Kier molecular flexibility index (Phi) is 3.47. The molecule has 1 aliphatic rings. The average Bonchev–Trinajstić information content (AvgIpc) is 2.37. The molecule has 1 aliphatic carbocycles. The highest BCUT2D eigenvalue weighted by Crippen LogP contribution is 2.31. The Hall–Kier alpha value is -1.77. The lowest BCUT2D eigenvalue weighted by Crippen LogP contribution is -2.12. The zero-order valence-corrected chi connectivity index (χ0v) is 10.2. The molecule has 17 heavy (non-hydrogen) atoms. The molecule has 0 saturated carbocycles. The Morgan fingerprint density at radius 2 is 2.18 bits per heavy atom. The zero-order valence-electron chi connectivity index (χ0n) is 10.2. The van der Waals surface area contributed by atoms with E-state index >= 15 is 0 Å². The molecule has 1 aromatic rings. The number of esters is 1. The minimum absolute atomic E-state index is 0.207. The predicted octanol–water partition coefficient (Wildman–Crippen LogP) is 2.59. The minimum Gasteiger partial charge on any atom is -0.496 e. The first-order valence-electron chi connectivity index (χ1n) is 5.79. The van der Waals surface area contributed by atoms with Crippen LogP contribution in [0.5, 0.6) is 5.75 Å². The first-order chi connectivity index (χ1) is 8.26. The number of hydrogen-bond acceptors (Lipinski definition) is 3. The summed E-state index contributed by atoms with van der Waals surface area (Å²) in [5, 5.41) is 0. The SMILES string of the molecule is CCOC(=O)C1=Cc2cccc(OC)c2CC1. The standard InChI is InChI=1S/C14H16O3/c1-3-17-14(15)11-7-8-12-10(9-11)5-4-6-13(12)16-2/h4-6,9H,3,7-8H2,1-2H3. The monoisotopic (exact) mass is 232 g/mol. The molecule has 0 amide bonds. The zero-order chi connectivity index (χ0) is 12.3. The van der Waals surface area contributed by atoms with Gasteiger partial charge in [-0.25, -0.2) is 4.79 Å². The molecule has 0 saturated heterocycles. The largest absolute Gasteiger partial charge is 0.496 e. The minimum atomic E-state index is -0.207. The summed E-state index contributed by atoms with van der Waals surface area (Å²) in [7, 11) is 1.67. The molecular formula is C14H16O3. The van der Waals surface area contributed by atoms with Crippen LogP contribution >= 0.6 is 0 Å². The van der Waals surface area contributed by atoms with Crippen LogP contribution < -0.4 is 4.74 Å². The summed E-state index contributed by atoms with van der Waals surface area (Å²) in [4.78, 5) is 11.6. The lowest BCUT2D eigenvalue weighted by molar-refractivity contribution is -0.138. The molecule has 0 atom stereocenters. The fourth-order valence-corrected chi connectivity index (χ4v) is 2.08. The van der Waals surface area contributed by atoms with E-state index in [4.69, 9.17) is 9.47 Å². The summed E-state index contributed by atoms with van der Waals surface area (Å²) < 4.78 is 10.3. The summed E-state index contributed by atoms with van der Waals surface area (Å²) in [6.45, 7) is 2.24. The normalized spacial score (nSPS) is 13.6. The quantitative estimate of drug-likeness (QED) is 0.751. The molecule has 2 rings (SSSR count). The molecule has 0 bridgehead atoms. The second kappa shape index (κ2) is 5.04. The van der Waals surface area contributed by atoms with Gasteiger partial charge in [0, 0.05) is 11.1 Å². The van der Waals surface area contributed by atoms with Crippen molar-refractivity contribution in [2.24, 2.45) is 0 Å². The highest BCUT2D eigenvalue weighted by atomic mass is 16.5. The van der Waals surface area contributed by atoms with Gasteiger partial charge < -0.3 is 9.47 Å². The molecule has 0 spiro atoms. The number of hydrogen-bond donors (Lipinski definition) is 0. The fraction of sp³-hybridized carbons (Fsp3) is 0.357. The Balaban J connectivity index is 2.32. The summed E-state index contributed by atoms with van der Waals surface area (Å²) >= 11 is 0. The van der Waals surface area contributed by atoms with Gasteiger partial charge in [-0.1, -0.05) is 12.1 Å². The lowest BCUT2D eigenvalue weighted by Gasteiger charge is -2.17. The Morgan fingerprint density at radius 1 is 1.35 bits per heavy atom. The molecular weight excluding hydrogens is 216 g/mol. The van der Waals surface area contributed by atoms with E-state index in [-0.39, 0.29) is 5.97 Å². The Bertz CT molecular complexity index is 461. The van der Waals surface area contributed by atoms with Crippen LogP contribution in [0.4, 0.5) is 0 Å². The van der Waals surface area contributed by atoms with E-state index in [1.165, 1.54) is 5.56 Å². The van der Waals surface area contributed by atoms with E-state index in [1.54, 1.807) is 7.11 Å². The Morgan fingerprint density at radius 3 is 2.88 bits per heavy atom. The number of rotatable bonds is 3. The van der Waals surface area contributed by atoms with Crippen molar-refractivity contribution in [2.45, 2.75) is 19.8 Å². The van der Waals surface area contributed by atoms with Crippen LogP contribution in [-0.4, -0.2) is 19.7 Å². The van der Waals surface area contributed by atoms with Crippen molar-refractivity contribution in [3.05, 3.63) is 34.9 Å². The van der Waals surface area contributed by atoms with Crippen LogP contribution in [0.1, 0.15) is 24.5 Å². The molecule has 3 heteroatoms. The maximum Gasteiger partial charge on any atom is 0.334 e. The third-order valence-corrected chi connectivity index (χ3v) is 2.90. The maximum absolute atomic E-state index is 11.6. The third kappa shape index (κ3) is 2.33. The van der Waals surface area contributed by atoms with Gasteiger partial charge in [0.05, 0.1) is 13.7 Å². The summed E-state index contributed by atoms with van der Waals surface area (Å²) in [6.07, 6.45) is 3.44. The van der Waals surface area contributed by atoms with Gasteiger partial charge in [-0.15, -0.1) is 0 Å². The van der Waals surface area contributed by atoms with E-state index in [1.807, 2.05) is 31.2 Å². The van der Waals surface area contributed by atoms with Gasteiger partial charge in [0.1, 0.15) is 5.75 Å². The number of methoxy groups -OCH3 is 1. The van der Waals surface area contributed by atoms with Crippen LogP contribution in [0.15, 0.2) is 23.8 Å². The number of carbonyl (C=O) groups excluding carboxylic acids is 1. The van der Waals surface area contributed by atoms with E-state index in [9.17, 15) is 4.79 Å². The van der Waals surface area contributed by atoms with E-state index in [2.05, 4.69) is 0 Å². The summed E-state index contributed by atoms with van der Waals surface area (Å²) in [5.41, 5.74) is 2.97. The van der Waals surface area contributed by atoms with E-state index < -0.39 is 0 Å². The number of carbonyl (C=O) groups is 1. The van der Waals surface area contributed by atoms with Crippen molar-refractivity contribution < 1.29 is 14.3 Å². The summed E-state index contributed by atoms with van der Waals surface area (Å²) in [6, 6.07) is 5.88. The number of fused-ring (bicyclic) bond motifs is 1. The second-order valence-corrected chi connectivity index (χ2v) is 3.92. The molecule has 0 unspecified atom stereocenters. The van der Waals surface area contributed by atoms with Crippen molar-refractivity contribution in [1.82, 2.24) is 0 Å². The van der Waals surface area contributed by atoms with Crippen molar-refractivity contribution in [3.63, 3.8) is 0 Å². The van der Waals surface area contributed by atoms with Crippen LogP contribution in [0.3, 0.4) is 0 Å². The topological polar surface area (TPSA) is 35.5 Å². The number of ether oxygens (including phenoxy) is 2. The molecule has 0 N–H and O–H groups in total. The third-order valence-electron chi connectivity index (χ3n) is 2.90. The Labute approximate surface area is 101 Å². The van der Waals surface area contributed by atoms with Gasteiger partial charge in [0.25, 0.3) is 0 Å². The van der Waals surface area contributed by atoms with E-state index in [0.717, 1.165) is 23.3 Å². The lowest BCUT2D eigenvalue weighted by atomic mass is 9.91. The van der Waals surface area contributed by atoms with Gasteiger partial charge >= 0.3 is 5.97 Å². The molecule has 0 radical (unpaired) electrons. The van der Waals surface area contributed by atoms with Crippen LogP contribution in [0, 0.1) is 0 Å². The smallest absolute Gasteiger partial charge is 0.334 e. The van der Waals surface area contributed by atoms with Crippen molar-refractivity contribution >= 4 is 12.0 Å². The van der Waals surface area contributed by atoms with Crippen LogP contribution in [0.25, 0.3) is 6.08 Å². The first-order valence-corrected chi connectivity index (χ1v) is 5.79.